The fraction of sp³-hybridized carbons (Fsp3) is 0.529. The Bertz CT molecular complexity index is 743. The molecule has 0 bridgehead atoms. The van der Waals surface area contributed by atoms with E-state index in [1.807, 2.05) is 4.68 Å². The second-order valence-corrected chi connectivity index (χ2v) is 6.63. The summed E-state index contributed by atoms with van der Waals surface area (Å²) >= 11 is 0. The Labute approximate surface area is 145 Å². The quantitative estimate of drug-likeness (QED) is 0.626. The minimum atomic E-state index is -0.408. The highest BCUT2D eigenvalue weighted by Crippen LogP contribution is 2.28. The van der Waals surface area contributed by atoms with Crippen LogP contribution in [0, 0.1) is 10.1 Å². The van der Waals surface area contributed by atoms with Gasteiger partial charge in [-0.05, 0) is 25.0 Å². The van der Waals surface area contributed by atoms with E-state index < -0.39 is 4.92 Å². The van der Waals surface area contributed by atoms with Gasteiger partial charge in [0, 0.05) is 30.3 Å². The first-order valence-corrected chi connectivity index (χ1v) is 8.70. The number of nitrogens with zero attached hydrogens (tertiary/aromatic N) is 5. The number of nitro benzene ring substituents is 1. The molecule has 4 rings (SSSR count). The van der Waals surface area contributed by atoms with Gasteiger partial charge in [-0.2, -0.15) is 0 Å². The third kappa shape index (κ3) is 3.40. The zero-order valence-corrected chi connectivity index (χ0v) is 14.0. The number of ether oxygens (including phenoxy) is 1. The molecule has 8 heteroatoms. The Morgan fingerprint density at radius 3 is 2.84 bits per heavy atom. The van der Waals surface area contributed by atoms with Crippen LogP contribution in [0.5, 0.6) is 0 Å². The summed E-state index contributed by atoms with van der Waals surface area (Å²) in [5.74, 6) is 0.586. The zero-order valence-electron chi connectivity index (χ0n) is 14.0. The van der Waals surface area contributed by atoms with E-state index in [1.54, 1.807) is 18.5 Å². The van der Waals surface area contributed by atoms with Gasteiger partial charge in [-0.15, -0.1) is 5.10 Å². The molecule has 0 unspecified atom stereocenters. The SMILES string of the molecule is O=[N+]([O-])c1ccc(-c2ncn(CN3CCO[C@H]4CCCC[C@H]43)n2)cc1. The molecule has 1 saturated heterocycles. The van der Waals surface area contributed by atoms with E-state index in [2.05, 4.69) is 15.0 Å². The molecule has 1 aliphatic carbocycles. The van der Waals surface area contributed by atoms with E-state index >= 15 is 0 Å². The van der Waals surface area contributed by atoms with Crippen LogP contribution in [-0.2, 0) is 11.4 Å². The Morgan fingerprint density at radius 2 is 2.04 bits per heavy atom. The summed E-state index contributed by atoms with van der Waals surface area (Å²) in [4.78, 5) is 17.1. The minimum absolute atomic E-state index is 0.0693. The van der Waals surface area contributed by atoms with Crippen molar-refractivity contribution in [2.75, 3.05) is 13.2 Å². The van der Waals surface area contributed by atoms with Crippen molar-refractivity contribution in [2.45, 2.75) is 44.5 Å². The van der Waals surface area contributed by atoms with E-state index in [1.165, 1.54) is 31.4 Å². The maximum Gasteiger partial charge on any atom is 0.269 e. The highest BCUT2D eigenvalue weighted by Gasteiger charge is 2.34. The van der Waals surface area contributed by atoms with Crippen molar-refractivity contribution < 1.29 is 9.66 Å². The number of fused-ring (bicyclic) bond motifs is 1. The van der Waals surface area contributed by atoms with E-state index in [-0.39, 0.29) is 5.69 Å². The second-order valence-electron chi connectivity index (χ2n) is 6.63. The summed E-state index contributed by atoms with van der Waals surface area (Å²) in [7, 11) is 0. The van der Waals surface area contributed by atoms with Crippen LogP contribution in [-0.4, -0.2) is 49.9 Å². The van der Waals surface area contributed by atoms with E-state index in [0.717, 1.165) is 25.1 Å². The molecule has 1 aromatic heterocycles. The molecule has 132 valence electrons. The van der Waals surface area contributed by atoms with Crippen molar-refractivity contribution in [3.63, 3.8) is 0 Å². The van der Waals surface area contributed by atoms with Gasteiger partial charge in [-0.3, -0.25) is 15.0 Å². The van der Waals surface area contributed by atoms with Crippen LogP contribution in [0.25, 0.3) is 11.4 Å². The number of morpholine rings is 1. The molecule has 2 fully saturated rings. The molecule has 2 aromatic rings. The average Bonchev–Trinajstić information content (AvgIpc) is 3.11. The number of benzene rings is 1. The number of hydrogen-bond donors (Lipinski definition) is 0. The van der Waals surface area contributed by atoms with Crippen molar-refractivity contribution in [3.05, 3.63) is 40.7 Å². The normalized spacial score (nSPS) is 24.0. The molecule has 0 N–H and O–H groups in total. The van der Waals surface area contributed by atoms with E-state index in [4.69, 9.17) is 4.74 Å². The first-order chi connectivity index (χ1) is 12.2. The van der Waals surface area contributed by atoms with Crippen molar-refractivity contribution in [1.29, 1.82) is 0 Å². The van der Waals surface area contributed by atoms with Gasteiger partial charge in [0.1, 0.15) is 6.33 Å². The van der Waals surface area contributed by atoms with Gasteiger partial charge in [-0.1, -0.05) is 12.8 Å². The molecular formula is C17H21N5O3. The maximum absolute atomic E-state index is 10.7. The summed E-state index contributed by atoms with van der Waals surface area (Å²) in [5.41, 5.74) is 0.849. The van der Waals surface area contributed by atoms with Gasteiger partial charge in [-0.25, -0.2) is 9.67 Å². The van der Waals surface area contributed by atoms with Crippen LogP contribution in [0.15, 0.2) is 30.6 Å². The van der Waals surface area contributed by atoms with Crippen molar-refractivity contribution in [3.8, 4) is 11.4 Å². The molecule has 2 atom stereocenters. The van der Waals surface area contributed by atoms with Crippen molar-refractivity contribution in [1.82, 2.24) is 19.7 Å². The van der Waals surface area contributed by atoms with Gasteiger partial charge < -0.3 is 4.74 Å². The lowest BCUT2D eigenvalue weighted by atomic mass is 9.90. The molecule has 2 aliphatic rings. The zero-order chi connectivity index (χ0) is 17.2. The Kier molecular flexibility index (Phi) is 4.46. The fourth-order valence-electron chi connectivity index (χ4n) is 3.77. The summed E-state index contributed by atoms with van der Waals surface area (Å²) in [5, 5.41) is 15.3. The summed E-state index contributed by atoms with van der Waals surface area (Å²) < 4.78 is 7.75. The molecule has 0 amide bonds. The largest absolute Gasteiger partial charge is 0.375 e. The molecular weight excluding hydrogens is 322 g/mol. The third-order valence-electron chi connectivity index (χ3n) is 5.05. The molecule has 1 saturated carbocycles. The molecule has 1 aromatic carbocycles. The lowest BCUT2D eigenvalue weighted by Gasteiger charge is -2.43. The Morgan fingerprint density at radius 1 is 1.24 bits per heavy atom. The number of aromatic nitrogens is 3. The molecule has 0 spiro atoms. The highest BCUT2D eigenvalue weighted by atomic mass is 16.6. The first kappa shape index (κ1) is 16.2. The summed E-state index contributed by atoms with van der Waals surface area (Å²) in [6.07, 6.45) is 6.90. The molecule has 0 radical (unpaired) electrons. The van der Waals surface area contributed by atoms with Crippen molar-refractivity contribution in [2.24, 2.45) is 0 Å². The van der Waals surface area contributed by atoms with Crippen LogP contribution >= 0.6 is 0 Å². The van der Waals surface area contributed by atoms with Crippen LogP contribution in [0.4, 0.5) is 5.69 Å². The van der Waals surface area contributed by atoms with Gasteiger partial charge in [0.15, 0.2) is 5.82 Å². The molecule has 1 aliphatic heterocycles. The van der Waals surface area contributed by atoms with Crippen molar-refractivity contribution >= 4 is 5.69 Å². The number of rotatable bonds is 4. The number of hydrogen-bond acceptors (Lipinski definition) is 6. The molecule has 25 heavy (non-hydrogen) atoms. The predicted molar refractivity (Wildman–Crippen MR) is 90.8 cm³/mol. The summed E-state index contributed by atoms with van der Waals surface area (Å²) in [6, 6.07) is 6.79. The molecule has 8 nitrogen and oxygen atoms in total. The molecule has 2 heterocycles. The fourth-order valence-corrected chi connectivity index (χ4v) is 3.77. The lowest BCUT2D eigenvalue weighted by molar-refractivity contribution is -0.384. The van der Waals surface area contributed by atoms with Crippen LogP contribution in [0.2, 0.25) is 0 Å². The monoisotopic (exact) mass is 343 g/mol. The van der Waals surface area contributed by atoms with Crippen LogP contribution in [0.3, 0.4) is 0 Å². The first-order valence-electron chi connectivity index (χ1n) is 8.70. The maximum atomic E-state index is 10.7. The third-order valence-corrected chi connectivity index (χ3v) is 5.05. The van der Waals surface area contributed by atoms with Crippen LogP contribution in [0.1, 0.15) is 25.7 Å². The van der Waals surface area contributed by atoms with Gasteiger partial charge in [0.2, 0.25) is 0 Å². The highest BCUT2D eigenvalue weighted by molar-refractivity contribution is 5.56. The number of non-ortho nitro benzene ring substituents is 1. The van der Waals surface area contributed by atoms with Gasteiger partial charge in [0.25, 0.3) is 5.69 Å². The van der Waals surface area contributed by atoms with Gasteiger partial charge >= 0.3 is 0 Å². The summed E-state index contributed by atoms with van der Waals surface area (Å²) in [6.45, 7) is 2.38. The van der Waals surface area contributed by atoms with Crippen LogP contribution < -0.4 is 0 Å². The minimum Gasteiger partial charge on any atom is -0.375 e. The predicted octanol–water partition coefficient (Wildman–Crippen LogP) is 2.45. The smallest absolute Gasteiger partial charge is 0.269 e. The van der Waals surface area contributed by atoms with E-state index in [9.17, 15) is 10.1 Å². The standard InChI is InChI=1S/C17H21N5O3/c23-22(24)14-7-5-13(6-8-14)17-18-11-21(19-17)12-20-9-10-25-16-4-2-1-3-15(16)20/h5-8,11,15-16H,1-4,9-10,12H2/t15-,16+/m1/s1. The second kappa shape index (κ2) is 6.89. The van der Waals surface area contributed by atoms with E-state index in [0.29, 0.717) is 24.6 Å². The number of nitro groups is 1. The lowest BCUT2D eigenvalue weighted by Crippen LogP contribution is -2.52. The average molecular weight is 343 g/mol. The Hall–Kier alpha value is -2.32. The topological polar surface area (TPSA) is 86.3 Å². The van der Waals surface area contributed by atoms with Gasteiger partial charge in [0.05, 0.1) is 24.3 Å². The Balaban J connectivity index is 1.46.